The van der Waals surface area contributed by atoms with Crippen LogP contribution in [0.15, 0.2) is 17.0 Å². The molecule has 13 heavy (non-hydrogen) atoms. The second kappa shape index (κ2) is 3.35. The van der Waals surface area contributed by atoms with E-state index in [1.165, 1.54) is 21.6 Å². The fourth-order valence-corrected chi connectivity index (χ4v) is 3.02. The van der Waals surface area contributed by atoms with Crippen LogP contribution >= 0.6 is 11.8 Å². The number of thioether (sulfide) groups is 1. The molecule has 1 aromatic carbocycles. The largest absolute Gasteiger partial charge is 0.327 e. The second-order valence-electron chi connectivity index (χ2n) is 3.78. The Balaban J connectivity index is 2.51. The van der Waals surface area contributed by atoms with Crippen molar-refractivity contribution in [2.24, 2.45) is 5.73 Å². The maximum absolute atomic E-state index is 5.95. The van der Waals surface area contributed by atoms with Crippen molar-refractivity contribution in [2.75, 3.05) is 5.75 Å². The molecule has 1 atom stereocenters. The summed E-state index contributed by atoms with van der Waals surface area (Å²) < 4.78 is 0. The average molecular weight is 193 g/mol. The molecule has 1 aromatic rings. The number of aryl methyl sites for hydroxylation is 2. The van der Waals surface area contributed by atoms with Crippen molar-refractivity contribution < 1.29 is 0 Å². The minimum atomic E-state index is 0.345. The van der Waals surface area contributed by atoms with Gasteiger partial charge in [-0.2, -0.15) is 0 Å². The van der Waals surface area contributed by atoms with Gasteiger partial charge in [-0.05, 0) is 37.0 Å². The van der Waals surface area contributed by atoms with Crippen molar-refractivity contribution in [3.05, 3.63) is 28.8 Å². The molecule has 2 rings (SSSR count). The van der Waals surface area contributed by atoms with Gasteiger partial charge in [-0.15, -0.1) is 11.8 Å². The maximum atomic E-state index is 5.95. The molecule has 0 spiro atoms. The zero-order chi connectivity index (χ0) is 9.42. The first kappa shape index (κ1) is 9.10. The van der Waals surface area contributed by atoms with Gasteiger partial charge in [-0.3, -0.25) is 0 Å². The van der Waals surface area contributed by atoms with Crippen LogP contribution in [0.2, 0.25) is 0 Å². The van der Waals surface area contributed by atoms with Crippen LogP contribution in [-0.4, -0.2) is 11.8 Å². The van der Waals surface area contributed by atoms with Crippen LogP contribution < -0.4 is 5.73 Å². The molecule has 70 valence electrons. The first-order chi connectivity index (χ1) is 6.18. The van der Waals surface area contributed by atoms with Gasteiger partial charge in [-0.25, -0.2) is 0 Å². The van der Waals surface area contributed by atoms with Crippen LogP contribution in [0, 0.1) is 13.8 Å². The molecule has 1 heterocycles. The Kier molecular flexibility index (Phi) is 2.35. The third kappa shape index (κ3) is 1.61. The molecule has 0 bridgehead atoms. The highest BCUT2D eigenvalue weighted by molar-refractivity contribution is 7.99. The molecular formula is C11H15NS. The highest BCUT2D eigenvalue weighted by Gasteiger charge is 2.18. The predicted octanol–water partition coefficient (Wildman–Crippen LogP) is 2.28. The summed E-state index contributed by atoms with van der Waals surface area (Å²) in [5.74, 6) is 1.07. The minimum Gasteiger partial charge on any atom is -0.327 e. The SMILES string of the molecule is Cc1ccc(C)c2c1CC(N)CS2. The van der Waals surface area contributed by atoms with Gasteiger partial charge in [0, 0.05) is 16.7 Å². The lowest BCUT2D eigenvalue weighted by Gasteiger charge is -2.24. The summed E-state index contributed by atoms with van der Waals surface area (Å²) >= 11 is 1.91. The molecule has 0 amide bonds. The van der Waals surface area contributed by atoms with E-state index in [-0.39, 0.29) is 0 Å². The molecule has 0 saturated heterocycles. The number of fused-ring (bicyclic) bond motifs is 1. The first-order valence-corrected chi connectivity index (χ1v) is 5.64. The molecule has 0 aromatic heterocycles. The predicted molar refractivity (Wildman–Crippen MR) is 58.3 cm³/mol. The van der Waals surface area contributed by atoms with Crippen molar-refractivity contribution in [1.82, 2.24) is 0 Å². The smallest absolute Gasteiger partial charge is 0.0175 e. The summed E-state index contributed by atoms with van der Waals surface area (Å²) in [7, 11) is 0. The quantitative estimate of drug-likeness (QED) is 0.684. The summed E-state index contributed by atoms with van der Waals surface area (Å²) in [6.45, 7) is 4.36. The van der Waals surface area contributed by atoms with Gasteiger partial charge < -0.3 is 5.73 Å². The zero-order valence-electron chi connectivity index (χ0n) is 8.13. The number of hydrogen-bond acceptors (Lipinski definition) is 2. The number of hydrogen-bond donors (Lipinski definition) is 1. The lowest BCUT2D eigenvalue weighted by molar-refractivity contribution is 0.720. The highest BCUT2D eigenvalue weighted by Crippen LogP contribution is 2.34. The van der Waals surface area contributed by atoms with Crippen molar-refractivity contribution in [3.63, 3.8) is 0 Å². The molecule has 2 heteroatoms. The molecule has 0 aliphatic carbocycles. The maximum Gasteiger partial charge on any atom is 0.0175 e. The Bertz CT molecular complexity index is 333. The van der Waals surface area contributed by atoms with Gasteiger partial charge >= 0.3 is 0 Å². The van der Waals surface area contributed by atoms with Crippen molar-refractivity contribution in [3.8, 4) is 0 Å². The fourth-order valence-electron chi connectivity index (χ4n) is 1.81. The van der Waals surface area contributed by atoms with E-state index in [0.717, 1.165) is 12.2 Å². The monoisotopic (exact) mass is 193 g/mol. The Morgan fingerprint density at radius 3 is 2.77 bits per heavy atom. The Morgan fingerprint density at radius 1 is 1.31 bits per heavy atom. The van der Waals surface area contributed by atoms with E-state index in [1.807, 2.05) is 11.8 Å². The van der Waals surface area contributed by atoms with E-state index in [4.69, 9.17) is 5.73 Å². The average Bonchev–Trinajstić information content (AvgIpc) is 2.12. The molecule has 0 radical (unpaired) electrons. The fraction of sp³-hybridized carbons (Fsp3) is 0.455. The van der Waals surface area contributed by atoms with Gasteiger partial charge in [0.25, 0.3) is 0 Å². The molecule has 2 N–H and O–H groups in total. The highest BCUT2D eigenvalue weighted by atomic mass is 32.2. The van der Waals surface area contributed by atoms with Gasteiger partial charge in [0.2, 0.25) is 0 Å². The lowest BCUT2D eigenvalue weighted by Crippen LogP contribution is -2.29. The summed E-state index contributed by atoms with van der Waals surface area (Å²) in [6.07, 6.45) is 1.05. The Labute approximate surface area is 83.7 Å². The topological polar surface area (TPSA) is 26.0 Å². The minimum absolute atomic E-state index is 0.345. The second-order valence-corrected chi connectivity index (χ2v) is 4.81. The third-order valence-electron chi connectivity index (χ3n) is 2.60. The summed E-state index contributed by atoms with van der Waals surface area (Å²) in [5, 5.41) is 0. The molecule has 1 nitrogen and oxygen atoms in total. The standard InChI is InChI=1S/C11H15NS/c1-7-3-4-8(2)11-10(7)5-9(12)6-13-11/h3-4,9H,5-6,12H2,1-2H3. The Morgan fingerprint density at radius 2 is 2.00 bits per heavy atom. The summed E-state index contributed by atoms with van der Waals surface area (Å²) in [5.41, 5.74) is 10.2. The van der Waals surface area contributed by atoms with E-state index in [2.05, 4.69) is 26.0 Å². The van der Waals surface area contributed by atoms with Crippen LogP contribution in [0.25, 0.3) is 0 Å². The van der Waals surface area contributed by atoms with E-state index < -0.39 is 0 Å². The van der Waals surface area contributed by atoms with Crippen LogP contribution in [0.5, 0.6) is 0 Å². The van der Waals surface area contributed by atoms with Crippen LogP contribution in [0.4, 0.5) is 0 Å². The van der Waals surface area contributed by atoms with Crippen molar-refractivity contribution >= 4 is 11.8 Å². The zero-order valence-corrected chi connectivity index (χ0v) is 8.95. The van der Waals surface area contributed by atoms with Gasteiger partial charge in [0.15, 0.2) is 0 Å². The summed E-state index contributed by atoms with van der Waals surface area (Å²) in [6, 6.07) is 4.75. The molecule has 0 saturated carbocycles. The lowest BCUT2D eigenvalue weighted by atomic mass is 9.99. The first-order valence-electron chi connectivity index (χ1n) is 4.66. The van der Waals surface area contributed by atoms with E-state index in [1.54, 1.807) is 0 Å². The van der Waals surface area contributed by atoms with Crippen LogP contribution in [-0.2, 0) is 6.42 Å². The molecule has 1 aliphatic heterocycles. The van der Waals surface area contributed by atoms with Gasteiger partial charge in [0.05, 0.1) is 0 Å². The molecular weight excluding hydrogens is 178 g/mol. The number of rotatable bonds is 0. The Hall–Kier alpha value is -0.470. The molecule has 1 unspecified atom stereocenters. The molecule has 0 fully saturated rings. The van der Waals surface area contributed by atoms with E-state index in [9.17, 15) is 0 Å². The summed E-state index contributed by atoms with van der Waals surface area (Å²) in [4.78, 5) is 1.47. The normalized spacial score (nSPS) is 21.3. The number of benzene rings is 1. The van der Waals surface area contributed by atoms with Crippen LogP contribution in [0.3, 0.4) is 0 Å². The van der Waals surface area contributed by atoms with Gasteiger partial charge in [-0.1, -0.05) is 12.1 Å². The van der Waals surface area contributed by atoms with Gasteiger partial charge in [0.1, 0.15) is 0 Å². The van der Waals surface area contributed by atoms with Crippen LogP contribution in [0.1, 0.15) is 16.7 Å². The third-order valence-corrected chi connectivity index (χ3v) is 4.05. The van der Waals surface area contributed by atoms with Crippen molar-refractivity contribution in [1.29, 1.82) is 0 Å². The molecule has 1 aliphatic rings. The van der Waals surface area contributed by atoms with E-state index in [0.29, 0.717) is 6.04 Å². The van der Waals surface area contributed by atoms with Crippen molar-refractivity contribution in [2.45, 2.75) is 31.2 Å². The number of nitrogens with two attached hydrogens (primary N) is 1. The van der Waals surface area contributed by atoms with E-state index >= 15 is 0 Å².